The van der Waals surface area contributed by atoms with Crippen LogP contribution in [0.5, 0.6) is 0 Å². The Bertz CT molecular complexity index is 800. The van der Waals surface area contributed by atoms with Crippen LogP contribution < -0.4 is 4.90 Å². The van der Waals surface area contributed by atoms with E-state index in [1.54, 1.807) is 6.92 Å². The van der Waals surface area contributed by atoms with E-state index in [1.165, 1.54) is 29.2 Å². The fraction of sp³-hybridized carbons (Fsp3) is 0.375. The fourth-order valence-electron chi connectivity index (χ4n) is 2.77. The van der Waals surface area contributed by atoms with Crippen LogP contribution in [0.2, 0.25) is 0 Å². The molecule has 1 aliphatic carbocycles. The number of hydrogen-bond acceptors (Lipinski definition) is 5. The molecule has 2 aromatic rings. The Kier molecular flexibility index (Phi) is 3.33. The molecule has 1 unspecified atom stereocenters. The SMILES string of the molecule is CC1C(=O)N(Cc2nnc(C3CC3)o2)C(=O)N1c1ccc(F)cc1. The van der Waals surface area contributed by atoms with Crippen molar-refractivity contribution < 1.29 is 18.4 Å². The maximum Gasteiger partial charge on any atom is 0.332 e. The first kappa shape index (κ1) is 14.8. The average molecular weight is 330 g/mol. The van der Waals surface area contributed by atoms with E-state index in [1.807, 2.05) is 0 Å². The van der Waals surface area contributed by atoms with Gasteiger partial charge < -0.3 is 4.42 Å². The number of urea groups is 1. The van der Waals surface area contributed by atoms with Gasteiger partial charge in [-0.1, -0.05) is 0 Å². The first-order valence-electron chi connectivity index (χ1n) is 7.77. The van der Waals surface area contributed by atoms with E-state index in [4.69, 9.17) is 4.42 Å². The molecule has 1 aromatic carbocycles. The summed E-state index contributed by atoms with van der Waals surface area (Å²) in [5.74, 6) is 0.361. The number of imide groups is 1. The maximum atomic E-state index is 13.1. The minimum atomic E-state index is -0.672. The van der Waals surface area contributed by atoms with Crippen molar-refractivity contribution in [2.75, 3.05) is 4.90 Å². The summed E-state index contributed by atoms with van der Waals surface area (Å²) >= 11 is 0. The van der Waals surface area contributed by atoms with Gasteiger partial charge in [0.2, 0.25) is 11.8 Å². The van der Waals surface area contributed by atoms with E-state index in [-0.39, 0.29) is 18.3 Å². The predicted octanol–water partition coefficient (Wildman–Crippen LogP) is 2.44. The van der Waals surface area contributed by atoms with Gasteiger partial charge in [-0.05, 0) is 44.0 Å². The zero-order chi connectivity index (χ0) is 16.8. The molecule has 0 bridgehead atoms. The summed E-state index contributed by atoms with van der Waals surface area (Å²) in [6, 6.07) is 4.29. The normalized spacial score (nSPS) is 21.0. The number of halogens is 1. The molecule has 4 rings (SSSR count). The number of aromatic nitrogens is 2. The zero-order valence-corrected chi connectivity index (χ0v) is 13.0. The van der Waals surface area contributed by atoms with Gasteiger partial charge in [0.25, 0.3) is 5.91 Å². The Balaban J connectivity index is 1.56. The Morgan fingerprint density at radius 1 is 1.21 bits per heavy atom. The number of nitrogens with zero attached hydrogens (tertiary/aromatic N) is 4. The van der Waals surface area contributed by atoms with Gasteiger partial charge in [0, 0.05) is 11.6 Å². The van der Waals surface area contributed by atoms with Crippen LogP contribution in [-0.2, 0) is 11.3 Å². The number of anilines is 1. The lowest BCUT2D eigenvalue weighted by Gasteiger charge is -2.19. The van der Waals surface area contributed by atoms with Crippen molar-refractivity contribution in [3.05, 3.63) is 41.9 Å². The largest absolute Gasteiger partial charge is 0.423 e. The standard InChI is InChI=1S/C16H15FN4O3/c1-9-15(22)20(8-13-18-19-14(24-13)10-2-3-10)16(23)21(9)12-6-4-11(17)5-7-12/h4-7,9-10H,2-3,8H2,1H3. The molecule has 2 fully saturated rings. The first-order valence-corrected chi connectivity index (χ1v) is 7.77. The lowest BCUT2D eigenvalue weighted by molar-refractivity contribution is -0.127. The van der Waals surface area contributed by atoms with Crippen molar-refractivity contribution >= 4 is 17.6 Å². The van der Waals surface area contributed by atoms with E-state index < -0.39 is 17.9 Å². The molecule has 1 saturated carbocycles. The molecular weight excluding hydrogens is 315 g/mol. The maximum absolute atomic E-state index is 13.1. The molecule has 1 aliphatic heterocycles. The summed E-state index contributed by atoms with van der Waals surface area (Å²) in [6.45, 7) is 1.58. The molecule has 124 valence electrons. The third-order valence-electron chi connectivity index (χ3n) is 4.25. The highest BCUT2D eigenvalue weighted by Gasteiger charge is 2.44. The molecule has 8 heteroatoms. The molecule has 7 nitrogen and oxygen atoms in total. The Labute approximate surface area is 137 Å². The minimum Gasteiger partial charge on any atom is -0.423 e. The summed E-state index contributed by atoms with van der Waals surface area (Å²) in [6.07, 6.45) is 2.05. The van der Waals surface area contributed by atoms with Crippen LogP contribution in [-0.4, -0.2) is 33.1 Å². The van der Waals surface area contributed by atoms with Crippen molar-refractivity contribution in [1.29, 1.82) is 0 Å². The van der Waals surface area contributed by atoms with Gasteiger partial charge in [0.05, 0.1) is 0 Å². The topological polar surface area (TPSA) is 79.5 Å². The van der Waals surface area contributed by atoms with Crippen LogP contribution in [0.25, 0.3) is 0 Å². The van der Waals surface area contributed by atoms with Gasteiger partial charge in [0.1, 0.15) is 18.4 Å². The van der Waals surface area contributed by atoms with Crippen LogP contribution in [0, 0.1) is 5.82 Å². The number of rotatable bonds is 4. The molecule has 1 saturated heterocycles. The second-order valence-corrected chi connectivity index (χ2v) is 6.04. The van der Waals surface area contributed by atoms with Gasteiger partial charge >= 0.3 is 6.03 Å². The predicted molar refractivity (Wildman–Crippen MR) is 80.6 cm³/mol. The highest BCUT2D eigenvalue weighted by molar-refractivity contribution is 6.13. The third kappa shape index (κ3) is 2.44. The summed E-state index contributed by atoms with van der Waals surface area (Å²) < 4.78 is 18.6. The van der Waals surface area contributed by atoms with Crippen LogP contribution in [0.3, 0.4) is 0 Å². The lowest BCUT2D eigenvalue weighted by atomic mass is 10.2. The summed E-state index contributed by atoms with van der Waals surface area (Å²) in [5, 5.41) is 7.87. The second-order valence-electron chi connectivity index (χ2n) is 6.04. The molecule has 2 aliphatic rings. The Morgan fingerprint density at radius 2 is 1.92 bits per heavy atom. The summed E-state index contributed by atoms with van der Waals surface area (Å²) in [7, 11) is 0. The molecule has 1 atom stereocenters. The van der Waals surface area contributed by atoms with Crippen molar-refractivity contribution in [3.8, 4) is 0 Å². The van der Waals surface area contributed by atoms with Gasteiger partial charge in [0.15, 0.2) is 0 Å². The van der Waals surface area contributed by atoms with Gasteiger partial charge in [-0.25, -0.2) is 9.18 Å². The van der Waals surface area contributed by atoms with E-state index in [2.05, 4.69) is 10.2 Å². The summed E-state index contributed by atoms with van der Waals surface area (Å²) in [4.78, 5) is 27.5. The Morgan fingerprint density at radius 3 is 2.58 bits per heavy atom. The molecule has 0 radical (unpaired) electrons. The van der Waals surface area contributed by atoms with E-state index in [0.717, 1.165) is 17.7 Å². The van der Waals surface area contributed by atoms with Crippen LogP contribution in [0.4, 0.5) is 14.9 Å². The summed E-state index contributed by atoms with van der Waals surface area (Å²) in [5.41, 5.74) is 0.467. The smallest absolute Gasteiger partial charge is 0.332 e. The van der Waals surface area contributed by atoms with Crippen LogP contribution in [0.15, 0.2) is 28.7 Å². The fourth-order valence-corrected chi connectivity index (χ4v) is 2.77. The van der Waals surface area contributed by atoms with E-state index in [9.17, 15) is 14.0 Å². The van der Waals surface area contributed by atoms with Gasteiger partial charge in [-0.3, -0.25) is 14.6 Å². The Hall–Kier alpha value is -2.77. The minimum absolute atomic E-state index is 0.0561. The zero-order valence-electron chi connectivity index (χ0n) is 13.0. The molecule has 3 amide bonds. The number of benzene rings is 1. The average Bonchev–Trinajstić information content (AvgIpc) is 3.28. The second kappa shape index (κ2) is 5.40. The molecule has 0 spiro atoms. The van der Waals surface area contributed by atoms with Crippen LogP contribution >= 0.6 is 0 Å². The lowest BCUT2D eigenvalue weighted by Crippen LogP contribution is -2.33. The van der Waals surface area contributed by atoms with Gasteiger partial charge in [-0.15, -0.1) is 10.2 Å². The van der Waals surface area contributed by atoms with Crippen molar-refractivity contribution in [3.63, 3.8) is 0 Å². The molecule has 24 heavy (non-hydrogen) atoms. The number of carbonyl (C=O) groups excluding carboxylic acids is 2. The van der Waals surface area contributed by atoms with E-state index >= 15 is 0 Å². The quantitative estimate of drug-likeness (QED) is 0.805. The highest BCUT2D eigenvalue weighted by Crippen LogP contribution is 2.39. The number of carbonyl (C=O) groups is 2. The first-order chi connectivity index (χ1) is 11.5. The van der Waals surface area contributed by atoms with Crippen molar-refractivity contribution in [2.24, 2.45) is 0 Å². The third-order valence-corrected chi connectivity index (χ3v) is 4.25. The van der Waals surface area contributed by atoms with Crippen molar-refractivity contribution in [1.82, 2.24) is 15.1 Å². The van der Waals surface area contributed by atoms with Crippen molar-refractivity contribution in [2.45, 2.75) is 38.3 Å². The van der Waals surface area contributed by atoms with Gasteiger partial charge in [-0.2, -0.15) is 0 Å². The monoisotopic (exact) mass is 330 g/mol. The number of amides is 3. The molecule has 0 N–H and O–H groups in total. The van der Waals surface area contributed by atoms with Crippen LogP contribution in [0.1, 0.15) is 37.5 Å². The molecule has 1 aromatic heterocycles. The molecular formula is C16H15FN4O3. The highest BCUT2D eigenvalue weighted by atomic mass is 19.1. The van der Waals surface area contributed by atoms with E-state index in [0.29, 0.717) is 17.5 Å². The molecule has 2 heterocycles. The number of hydrogen-bond donors (Lipinski definition) is 0.